The minimum Gasteiger partial charge on any atom is -0.497 e. The van der Waals surface area contributed by atoms with Gasteiger partial charge >= 0.3 is 12.1 Å². The molecule has 0 radical (unpaired) electrons. The van der Waals surface area contributed by atoms with Crippen LogP contribution in [0.4, 0.5) is 22.0 Å². The van der Waals surface area contributed by atoms with Gasteiger partial charge in [-0.2, -0.15) is 22.0 Å². The molecule has 3 atom stereocenters. The Labute approximate surface area is 309 Å². The molecule has 0 saturated carbocycles. The van der Waals surface area contributed by atoms with Crippen molar-refractivity contribution < 1.29 is 50.7 Å². The van der Waals surface area contributed by atoms with Crippen molar-refractivity contribution in [3.8, 4) is 5.75 Å². The standard InChI is InChI=1S/C34H32Cl3F5N4O6/c1-17(2)26(28(47)34(41,42)32(51)43-16-33(38,39)40)45-31(50)27(19-7-10-22(52-3)11-8-19)46-30(49)25(14-18-5-4-6-20(35)13-18)44-29(48)23-15-21(36)9-12-24(23)37/h4-13,15,17,25-27H,14,16H2,1-3H3,(H,43,51)(H,44,48)(H,45,50)(H,46,49)/t25-,26-,27-/m0/s1. The number of nitrogens with one attached hydrogen (secondary N) is 4. The molecule has 0 aliphatic rings. The van der Waals surface area contributed by atoms with Crippen molar-refractivity contribution in [2.45, 2.75) is 50.5 Å². The highest BCUT2D eigenvalue weighted by molar-refractivity contribution is 6.35. The number of alkyl halides is 5. The van der Waals surface area contributed by atoms with Crippen molar-refractivity contribution in [1.82, 2.24) is 21.3 Å². The van der Waals surface area contributed by atoms with Crippen molar-refractivity contribution in [1.29, 1.82) is 0 Å². The van der Waals surface area contributed by atoms with E-state index in [2.05, 4.69) is 16.0 Å². The lowest BCUT2D eigenvalue weighted by molar-refractivity contribution is -0.165. The SMILES string of the molecule is COc1ccc([C@H](NC(=O)[C@H](Cc2cccc(Cl)c2)NC(=O)c2cc(Cl)ccc2Cl)C(=O)N[C@H](C(=O)C(F)(F)C(=O)NCC(F)(F)F)C(C)C)cc1. The molecule has 0 aliphatic heterocycles. The number of benzene rings is 3. The van der Waals surface area contributed by atoms with E-state index in [1.54, 1.807) is 18.2 Å². The van der Waals surface area contributed by atoms with Gasteiger partial charge in [0.25, 0.3) is 11.8 Å². The molecule has 0 spiro atoms. The number of amides is 4. The fourth-order valence-corrected chi connectivity index (χ4v) is 5.31. The second-order valence-corrected chi connectivity index (χ2v) is 12.9. The second-order valence-electron chi connectivity index (χ2n) is 11.7. The van der Waals surface area contributed by atoms with Crippen molar-refractivity contribution in [3.05, 3.63) is 98.5 Å². The molecule has 0 fully saturated rings. The van der Waals surface area contributed by atoms with Crippen LogP contribution in [0.25, 0.3) is 0 Å². The number of hydrogen-bond acceptors (Lipinski definition) is 6. The highest BCUT2D eigenvalue weighted by atomic mass is 35.5. The molecule has 0 unspecified atom stereocenters. The topological polar surface area (TPSA) is 143 Å². The lowest BCUT2D eigenvalue weighted by Crippen LogP contribution is -2.58. The maximum atomic E-state index is 14.9. The minimum absolute atomic E-state index is 0.00702. The summed E-state index contributed by atoms with van der Waals surface area (Å²) in [4.78, 5) is 66.0. The van der Waals surface area contributed by atoms with Crippen LogP contribution in [-0.2, 0) is 25.6 Å². The van der Waals surface area contributed by atoms with Crippen molar-refractivity contribution in [2.24, 2.45) is 5.92 Å². The summed E-state index contributed by atoms with van der Waals surface area (Å²) in [5.74, 6) is -13.5. The van der Waals surface area contributed by atoms with Crippen LogP contribution in [-0.4, -0.2) is 67.2 Å². The highest BCUT2D eigenvalue weighted by Crippen LogP contribution is 2.25. The Morgan fingerprint density at radius 3 is 2.00 bits per heavy atom. The molecule has 0 aromatic heterocycles. The fraction of sp³-hybridized carbons (Fsp3) is 0.324. The first-order valence-electron chi connectivity index (χ1n) is 15.3. The van der Waals surface area contributed by atoms with Crippen LogP contribution in [0.1, 0.15) is 41.4 Å². The van der Waals surface area contributed by atoms with E-state index < -0.39 is 72.1 Å². The molecule has 3 aromatic rings. The second kappa shape index (κ2) is 17.8. The summed E-state index contributed by atoms with van der Waals surface area (Å²) in [5.41, 5.74) is 0.454. The van der Waals surface area contributed by atoms with Crippen LogP contribution >= 0.6 is 34.8 Å². The smallest absolute Gasteiger partial charge is 0.405 e. The number of ether oxygens (including phenoxy) is 1. The zero-order chi connectivity index (χ0) is 39.0. The van der Waals surface area contributed by atoms with Gasteiger partial charge in [0.05, 0.1) is 23.7 Å². The molecule has 0 heterocycles. The third-order valence-corrected chi connectivity index (χ3v) is 8.21. The zero-order valence-corrected chi connectivity index (χ0v) is 29.8. The first-order chi connectivity index (χ1) is 24.2. The van der Waals surface area contributed by atoms with Gasteiger partial charge < -0.3 is 26.0 Å². The minimum atomic E-state index is -5.05. The van der Waals surface area contributed by atoms with Gasteiger partial charge in [0.15, 0.2) is 0 Å². The van der Waals surface area contributed by atoms with E-state index in [9.17, 15) is 45.9 Å². The number of methoxy groups -OCH3 is 1. The van der Waals surface area contributed by atoms with Crippen LogP contribution in [0.15, 0.2) is 66.7 Å². The Bertz CT molecular complexity index is 1790. The molecule has 4 N–H and O–H groups in total. The number of hydrogen-bond donors (Lipinski definition) is 4. The molecule has 280 valence electrons. The van der Waals surface area contributed by atoms with Gasteiger partial charge in [-0.25, -0.2) is 0 Å². The van der Waals surface area contributed by atoms with Crippen molar-refractivity contribution in [2.75, 3.05) is 13.7 Å². The fourth-order valence-electron chi connectivity index (χ4n) is 4.73. The van der Waals surface area contributed by atoms with Gasteiger partial charge in [0, 0.05) is 16.5 Å². The number of rotatable bonds is 15. The predicted octanol–water partition coefficient (Wildman–Crippen LogP) is 5.88. The number of halogens is 8. The molecule has 3 aromatic carbocycles. The normalized spacial score (nSPS) is 13.4. The number of ketones is 1. The first kappa shape index (κ1) is 41.9. The summed E-state index contributed by atoms with van der Waals surface area (Å²) in [7, 11) is 1.36. The van der Waals surface area contributed by atoms with Crippen molar-refractivity contribution >= 4 is 64.2 Å². The molecule has 18 heteroatoms. The average Bonchev–Trinajstić information content (AvgIpc) is 3.08. The molecule has 0 saturated heterocycles. The number of carbonyl (C=O) groups is 5. The largest absolute Gasteiger partial charge is 0.497 e. The Hall–Kier alpha value is -4.47. The van der Waals surface area contributed by atoms with E-state index in [0.717, 1.165) is 5.32 Å². The van der Waals surface area contributed by atoms with E-state index in [0.29, 0.717) is 16.3 Å². The van der Waals surface area contributed by atoms with E-state index in [1.165, 1.54) is 69.5 Å². The van der Waals surface area contributed by atoms with Gasteiger partial charge in [0.1, 0.15) is 24.4 Å². The van der Waals surface area contributed by atoms with Crippen LogP contribution in [0.2, 0.25) is 15.1 Å². The van der Waals surface area contributed by atoms with E-state index in [1.807, 2.05) is 0 Å². The molecule has 0 bridgehead atoms. The third kappa shape index (κ3) is 11.5. The molecule has 52 heavy (non-hydrogen) atoms. The van der Waals surface area contributed by atoms with Gasteiger partial charge in [-0.05, 0) is 59.5 Å². The summed E-state index contributed by atoms with van der Waals surface area (Å²) in [6.07, 6.45) is -5.23. The van der Waals surface area contributed by atoms with Gasteiger partial charge in [-0.1, -0.05) is 72.9 Å². The third-order valence-electron chi connectivity index (χ3n) is 7.41. The lowest BCUT2D eigenvalue weighted by Gasteiger charge is -2.28. The molecule has 4 amide bonds. The molecule has 0 aliphatic carbocycles. The van der Waals surface area contributed by atoms with Gasteiger partial charge in [0.2, 0.25) is 17.6 Å². The molecular formula is C34H32Cl3F5N4O6. The van der Waals surface area contributed by atoms with E-state index in [-0.39, 0.29) is 27.6 Å². The highest BCUT2D eigenvalue weighted by Gasteiger charge is 2.52. The van der Waals surface area contributed by atoms with Crippen LogP contribution < -0.4 is 26.0 Å². The van der Waals surface area contributed by atoms with Gasteiger partial charge in [-0.3, -0.25) is 24.0 Å². The Balaban J connectivity index is 1.99. The van der Waals surface area contributed by atoms with E-state index in [4.69, 9.17) is 39.5 Å². The Kier molecular flexibility index (Phi) is 14.4. The Morgan fingerprint density at radius 2 is 1.42 bits per heavy atom. The summed E-state index contributed by atoms with van der Waals surface area (Å²) in [6, 6.07) is 10.6. The summed E-state index contributed by atoms with van der Waals surface area (Å²) in [5, 5.41) is 8.58. The van der Waals surface area contributed by atoms with Crippen LogP contribution in [0, 0.1) is 5.92 Å². The number of Topliss-reactive ketones (excluding diaryl/α,β-unsaturated/α-hetero) is 1. The van der Waals surface area contributed by atoms with Crippen LogP contribution in [0.3, 0.4) is 0 Å². The molecule has 3 rings (SSSR count). The molecular weight excluding hydrogens is 762 g/mol. The summed E-state index contributed by atoms with van der Waals surface area (Å²) < 4.78 is 72.6. The zero-order valence-electron chi connectivity index (χ0n) is 27.5. The van der Waals surface area contributed by atoms with E-state index >= 15 is 0 Å². The Morgan fingerprint density at radius 1 is 0.788 bits per heavy atom. The maximum absolute atomic E-state index is 14.9. The molecule has 10 nitrogen and oxygen atoms in total. The number of carbonyl (C=O) groups excluding carboxylic acids is 5. The quantitative estimate of drug-likeness (QED) is 0.112. The summed E-state index contributed by atoms with van der Waals surface area (Å²) in [6.45, 7) is 0.353. The summed E-state index contributed by atoms with van der Waals surface area (Å²) >= 11 is 18.4. The predicted molar refractivity (Wildman–Crippen MR) is 183 cm³/mol. The maximum Gasteiger partial charge on any atom is 0.405 e. The monoisotopic (exact) mass is 792 g/mol. The lowest BCUT2D eigenvalue weighted by atomic mass is 9.94. The van der Waals surface area contributed by atoms with Crippen molar-refractivity contribution in [3.63, 3.8) is 0 Å². The van der Waals surface area contributed by atoms with Gasteiger partial charge in [-0.15, -0.1) is 0 Å². The first-order valence-corrected chi connectivity index (χ1v) is 16.4. The van der Waals surface area contributed by atoms with Crippen LogP contribution in [0.5, 0.6) is 5.75 Å². The average molecular weight is 794 g/mol.